The van der Waals surface area contributed by atoms with E-state index in [2.05, 4.69) is 10.3 Å². The van der Waals surface area contributed by atoms with Crippen LogP contribution in [0.5, 0.6) is 0 Å². The summed E-state index contributed by atoms with van der Waals surface area (Å²) in [6.07, 6.45) is 6.15. The van der Waals surface area contributed by atoms with Crippen LogP contribution in [-0.4, -0.2) is 39.5 Å². The molecule has 0 aromatic carbocycles. The second-order valence-electron chi connectivity index (χ2n) is 6.29. The molecule has 25 heavy (non-hydrogen) atoms. The predicted molar refractivity (Wildman–Crippen MR) is 97.2 cm³/mol. The molecule has 1 unspecified atom stereocenters. The maximum atomic E-state index is 12.5. The first-order chi connectivity index (χ1) is 12.1. The highest BCUT2D eigenvalue weighted by molar-refractivity contribution is 5.76. The Morgan fingerprint density at radius 3 is 2.88 bits per heavy atom. The van der Waals surface area contributed by atoms with Gasteiger partial charge in [0, 0.05) is 31.4 Å². The number of nitrogens with one attached hydrogen (secondary N) is 1. The molecule has 0 aliphatic carbocycles. The van der Waals surface area contributed by atoms with Crippen molar-refractivity contribution in [3.8, 4) is 0 Å². The molecular formula is C18H23N5O2. The van der Waals surface area contributed by atoms with Crippen molar-refractivity contribution in [1.29, 1.82) is 0 Å². The van der Waals surface area contributed by atoms with Crippen LogP contribution in [0.1, 0.15) is 19.3 Å². The van der Waals surface area contributed by atoms with Gasteiger partial charge in [0.05, 0.1) is 11.9 Å². The first-order valence-corrected chi connectivity index (χ1v) is 8.53. The molecule has 3 rings (SSSR count). The molecule has 0 saturated carbocycles. The van der Waals surface area contributed by atoms with Crippen molar-refractivity contribution in [2.24, 2.45) is 0 Å². The lowest BCUT2D eigenvalue weighted by atomic mass is 10.1. The van der Waals surface area contributed by atoms with E-state index in [4.69, 9.17) is 5.73 Å². The molecule has 1 saturated heterocycles. The van der Waals surface area contributed by atoms with Crippen LogP contribution in [0.15, 0.2) is 47.5 Å². The topological polar surface area (TPSA) is 93.2 Å². The number of pyridine rings is 2. The normalized spacial score (nSPS) is 17.8. The zero-order valence-electron chi connectivity index (χ0n) is 14.1. The summed E-state index contributed by atoms with van der Waals surface area (Å²) in [5.41, 5.74) is 6.39. The zero-order chi connectivity index (χ0) is 17.6. The van der Waals surface area contributed by atoms with E-state index < -0.39 is 0 Å². The van der Waals surface area contributed by atoms with Gasteiger partial charge >= 0.3 is 0 Å². The fraction of sp³-hybridized carbons (Fsp3) is 0.389. The molecule has 1 aliphatic heterocycles. The third-order valence-corrected chi connectivity index (χ3v) is 4.44. The van der Waals surface area contributed by atoms with Gasteiger partial charge in [-0.05, 0) is 37.5 Å². The minimum atomic E-state index is -0.152. The van der Waals surface area contributed by atoms with Crippen molar-refractivity contribution in [1.82, 2.24) is 14.5 Å². The molecule has 1 fully saturated rings. The standard InChI is InChI=1S/C18H23N5O2/c19-16-7-6-15(12-20-16)21-14-4-3-10-22(11-8-14)18(25)13-23-9-2-1-5-17(23)24/h1-2,5-7,9,12,14,21H,3-4,8,10-11,13H2,(H2,19,20). The van der Waals surface area contributed by atoms with Crippen molar-refractivity contribution < 1.29 is 4.79 Å². The number of anilines is 2. The molecule has 7 nitrogen and oxygen atoms in total. The number of carbonyl (C=O) groups is 1. The van der Waals surface area contributed by atoms with Crippen molar-refractivity contribution in [3.63, 3.8) is 0 Å². The quantitative estimate of drug-likeness (QED) is 0.875. The van der Waals surface area contributed by atoms with Crippen LogP contribution in [0.25, 0.3) is 0 Å². The summed E-state index contributed by atoms with van der Waals surface area (Å²) in [5.74, 6) is 0.488. The van der Waals surface area contributed by atoms with Crippen LogP contribution in [0.2, 0.25) is 0 Å². The first-order valence-electron chi connectivity index (χ1n) is 8.53. The van der Waals surface area contributed by atoms with Gasteiger partial charge < -0.3 is 20.5 Å². The maximum Gasteiger partial charge on any atom is 0.250 e. The Hall–Kier alpha value is -2.83. The monoisotopic (exact) mass is 341 g/mol. The van der Waals surface area contributed by atoms with Crippen molar-refractivity contribution >= 4 is 17.4 Å². The smallest absolute Gasteiger partial charge is 0.250 e. The molecule has 0 spiro atoms. The van der Waals surface area contributed by atoms with Gasteiger partial charge in [-0.15, -0.1) is 0 Å². The molecule has 0 bridgehead atoms. The molecule has 1 aliphatic rings. The zero-order valence-corrected chi connectivity index (χ0v) is 14.1. The molecule has 2 aromatic rings. The van der Waals surface area contributed by atoms with E-state index in [-0.39, 0.29) is 18.0 Å². The van der Waals surface area contributed by atoms with Crippen LogP contribution < -0.4 is 16.6 Å². The van der Waals surface area contributed by atoms with Crippen LogP contribution in [-0.2, 0) is 11.3 Å². The Kier molecular flexibility index (Phi) is 5.33. The summed E-state index contributed by atoms with van der Waals surface area (Å²) >= 11 is 0. The predicted octanol–water partition coefficient (Wildman–Crippen LogP) is 1.32. The summed E-state index contributed by atoms with van der Waals surface area (Å²) < 4.78 is 1.45. The van der Waals surface area contributed by atoms with Gasteiger partial charge in [0.2, 0.25) is 5.91 Å². The summed E-state index contributed by atoms with van der Waals surface area (Å²) in [4.78, 5) is 30.2. The SMILES string of the molecule is Nc1ccc(NC2CCCN(C(=O)Cn3ccccc3=O)CC2)cn1. The number of nitrogens with zero attached hydrogens (tertiary/aromatic N) is 3. The summed E-state index contributed by atoms with van der Waals surface area (Å²) in [7, 11) is 0. The Labute approximate surface area is 146 Å². The Balaban J connectivity index is 1.55. The third-order valence-electron chi connectivity index (χ3n) is 4.44. The number of hydrogen-bond acceptors (Lipinski definition) is 5. The summed E-state index contributed by atoms with van der Waals surface area (Å²) in [6, 6.07) is 8.89. The van der Waals surface area contributed by atoms with Crippen molar-refractivity contribution in [2.75, 3.05) is 24.1 Å². The third kappa shape index (κ3) is 4.59. The van der Waals surface area contributed by atoms with Gasteiger partial charge in [0.1, 0.15) is 12.4 Å². The fourth-order valence-corrected chi connectivity index (χ4v) is 3.05. The summed E-state index contributed by atoms with van der Waals surface area (Å²) in [5, 5.41) is 3.46. The molecule has 3 heterocycles. The van der Waals surface area contributed by atoms with E-state index in [1.165, 1.54) is 10.6 Å². The van der Waals surface area contributed by atoms with Gasteiger partial charge in [0.15, 0.2) is 0 Å². The van der Waals surface area contributed by atoms with Crippen LogP contribution >= 0.6 is 0 Å². The van der Waals surface area contributed by atoms with E-state index in [1.807, 2.05) is 11.0 Å². The van der Waals surface area contributed by atoms with E-state index >= 15 is 0 Å². The van der Waals surface area contributed by atoms with E-state index in [9.17, 15) is 9.59 Å². The molecule has 1 amide bonds. The van der Waals surface area contributed by atoms with Gasteiger partial charge in [-0.1, -0.05) is 6.07 Å². The van der Waals surface area contributed by atoms with Gasteiger partial charge in [-0.2, -0.15) is 0 Å². The number of likely N-dealkylation sites (tertiary alicyclic amines) is 1. The van der Waals surface area contributed by atoms with Gasteiger partial charge in [0.25, 0.3) is 5.56 Å². The van der Waals surface area contributed by atoms with Crippen LogP contribution in [0, 0.1) is 0 Å². The van der Waals surface area contributed by atoms with Gasteiger partial charge in [-0.25, -0.2) is 4.98 Å². The number of amides is 1. The second-order valence-corrected chi connectivity index (χ2v) is 6.29. The minimum Gasteiger partial charge on any atom is -0.384 e. The van der Waals surface area contributed by atoms with Gasteiger partial charge in [-0.3, -0.25) is 9.59 Å². The number of carbonyl (C=O) groups excluding carboxylic acids is 1. The van der Waals surface area contributed by atoms with Crippen molar-refractivity contribution in [3.05, 3.63) is 53.1 Å². The molecular weight excluding hydrogens is 318 g/mol. The summed E-state index contributed by atoms with van der Waals surface area (Å²) in [6.45, 7) is 1.50. The highest BCUT2D eigenvalue weighted by atomic mass is 16.2. The molecule has 1 atom stereocenters. The molecule has 132 valence electrons. The number of rotatable bonds is 4. The molecule has 3 N–H and O–H groups in total. The Morgan fingerprint density at radius 2 is 2.12 bits per heavy atom. The van der Waals surface area contributed by atoms with Crippen molar-refractivity contribution in [2.45, 2.75) is 31.8 Å². The number of nitrogen functional groups attached to an aromatic ring is 1. The highest BCUT2D eigenvalue weighted by Crippen LogP contribution is 2.17. The van der Waals surface area contributed by atoms with Crippen LogP contribution in [0.3, 0.4) is 0 Å². The average Bonchev–Trinajstić information content (AvgIpc) is 2.85. The fourth-order valence-electron chi connectivity index (χ4n) is 3.05. The number of hydrogen-bond donors (Lipinski definition) is 2. The first kappa shape index (κ1) is 17.0. The number of nitrogens with two attached hydrogens (primary N) is 1. The Bertz CT molecular complexity index is 772. The molecule has 0 radical (unpaired) electrons. The van der Waals surface area contributed by atoms with Crippen LogP contribution in [0.4, 0.5) is 11.5 Å². The maximum absolute atomic E-state index is 12.5. The lowest BCUT2D eigenvalue weighted by Crippen LogP contribution is -2.37. The number of aromatic nitrogens is 2. The lowest BCUT2D eigenvalue weighted by Gasteiger charge is -2.21. The lowest BCUT2D eigenvalue weighted by molar-refractivity contribution is -0.131. The highest BCUT2D eigenvalue weighted by Gasteiger charge is 2.21. The molecule has 2 aromatic heterocycles. The van der Waals surface area contributed by atoms with E-state index in [0.29, 0.717) is 18.4 Å². The largest absolute Gasteiger partial charge is 0.384 e. The Morgan fingerprint density at radius 1 is 1.24 bits per heavy atom. The van der Waals surface area contributed by atoms with E-state index in [0.717, 1.165) is 31.5 Å². The second kappa shape index (κ2) is 7.83. The average molecular weight is 341 g/mol. The van der Waals surface area contributed by atoms with E-state index in [1.54, 1.807) is 30.6 Å². The minimum absolute atomic E-state index is 0.0110. The molecule has 7 heteroatoms.